The van der Waals surface area contributed by atoms with Crippen molar-refractivity contribution in [3.8, 4) is 0 Å². The summed E-state index contributed by atoms with van der Waals surface area (Å²) in [6, 6.07) is 7.29. The number of nitrogens with one attached hydrogen (secondary N) is 1. The largest absolute Gasteiger partial charge is 0.329 e. The molecule has 0 saturated carbocycles. The topological polar surface area (TPSA) is 38.0 Å². The molecule has 2 nitrogen and oxygen atoms in total. The van der Waals surface area contributed by atoms with E-state index in [1.807, 2.05) is 0 Å². The Balaban J connectivity index is 2.16. The van der Waals surface area contributed by atoms with E-state index >= 15 is 0 Å². The van der Waals surface area contributed by atoms with Crippen molar-refractivity contribution in [3.63, 3.8) is 0 Å². The lowest BCUT2D eigenvalue weighted by Crippen LogP contribution is -2.25. The summed E-state index contributed by atoms with van der Waals surface area (Å²) in [5, 5.41) is 3.49. The van der Waals surface area contributed by atoms with E-state index in [1.54, 1.807) is 0 Å². The summed E-state index contributed by atoms with van der Waals surface area (Å²) < 4.78 is 0. The van der Waals surface area contributed by atoms with Crippen LogP contribution in [0.15, 0.2) is 18.2 Å². The molecular weight excluding hydrogens is 172 g/mol. The molecule has 1 unspecified atom stereocenters. The van der Waals surface area contributed by atoms with Crippen LogP contribution in [0.3, 0.4) is 0 Å². The third-order valence-corrected chi connectivity index (χ3v) is 2.91. The van der Waals surface area contributed by atoms with Gasteiger partial charge in [-0.05, 0) is 30.9 Å². The van der Waals surface area contributed by atoms with Gasteiger partial charge < -0.3 is 11.1 Å². The molecule has 2 rings (SSSR count). The number of fused-ring (bicyclic) bond motifs is 1. The van der Waals surface area contributed by atoms with Gasteiger partial charge in [-0.25, -0.2) is 0 Å². The van der Waals surface area contributed by atoms with E-state index < -0.39 is 0 Å². The lowest BCUT2D eigenvalue weighted by molar-refractivity contribution is 0.538. The van der Waals surface area contributed by atoms with Crippen molar-refractivity contribution in [2.75, 3.05) is 13.1 Å². The predicted octanol–water partition coefficient (Wildman–Crippen LogP) is 1.53. The number of rotatable bonds is 3. The molecule has 0 radical (unpaired) electrons. The summed E-state index contributed by atoms with van der Waals surface area (Å²) in [6.45, 7) is 3.79. The van der Waals surface area contributed by atoms with E-state index in [1.165, 1.54) is 29.5 Å². The molecule has 2 heteroatoms. The Kier molecular flexibility index (Phi) is 2.85. The van der Waals surface area contributed by atoms with Crippen molar-refractivity contribution in [1.29, 1.82) is 0 Å². The molecule has 0 spiro atoms. The van der Waals surface area contributed by atoms with Gasteiger partial charge in [0.05, 0.1) is 0 Å². The molecule has 76 valence electrons. The van der Waals surface area contributed by atoms with E-state index in [4.69, 9.17) is 5.73 Å². The maximum absolute atomic E-state index is 5.49. The van der Waals surface area contributed by atoms with Crippen LogP contribution in [-0.4, -0.2) is 13.1 Å². The quantitative estimate of drug-likeness (QED) is 0.758. The maximum Gasteiger partial charge on any atom is 0.0326 e. The van der Waals surface area contributed by atoms with Gasteiger partial charge in [0.2, 0.25) is 0 Å². The highest BCUT2D eigenvalue weighted by molar-refractivity contribution is 5.37. The first-order chi connectivity index (χ1) is 6.81. The molecule has 1 atom stereocenters. The first-order valence-electron chi connectivity index (χ1n) is 5.34. The molecule has 1 aliphatic rings. The number of hydrogen-bond donors (Lipinski definition) is 2. The van der Waals surface area contributed by atoms with E-state index in [-0.39, 0.29) is 0 Å². The van der Waals surface area contributed by atoms with Gasteiger partial charge in [-0.2, -0.15) is 0 Å². The maximum atomic E-state index is 5.49. The van der Waals surface area contributed by atoms with Gasteiger partial charge >= 0.3 is 0 Å². The summed E-state index contributed by atoms with van der Waals surface area (Å²) >= 11 is 0. The average Bonchev–Trinajstić information content (AvgIpc) is 2.57. The summed E-state index contributed by atoms with van der Waals surface area (Å²) in [6.07, 6.45) is 2.43. The molecule has 0 amide bonds. The highest BCUT2D eigenvalue weighted by Gasteiger charge is 2.21. The van der Waals surface area contributed by atoms with E-state index in [2.05, 4.69) is 30.4 Å². The van der Waals surface area contributed by atoms with Crippen LogP contribution in [0, 0.1) is 6.92 Å². The monoisotopic (exact) mass is 190 g/mol. The second kappa shape index (κ2) is 4.11. The van der Waals surface area contributed by atoms with Crippen LogP contribution >= 0.6 is 0 Å². The van der Waals surface area contributed by atoms with Crippen LogP contribution in [0.2, 0.25) is 0 Å². The molecule has 0 saturated heterocycles. The Morgan fingerprint density at radius 1 is 1.50 bits per heavy atom. The summed E-state index contributed by atoms with van der Waals surface area (Å²) in [4.78, 5) is 0. The van der Waals surface area contributed by atoms with E-state index in [0.29, 0.717) is 6.04 Å². The Labute approximate surface area is 85.5 Å². The third kappa shape index (κ3) is 1.81. The zero-order valence-corrected chi connectivity index (χ0v) is 8.72. The SMILES string of the molecule is Cc1ccc2c(c1)C(NCCN)CC2. The fraction of sp³-hybridized carbons (Fsp3) is 0.500. The summed E-state index contributed by atoms with van der Waals surface area (Å²) in [5.74, 6) is 0. The van der Waals surface area contributed by atoms with Gasteiger partial charge in [-0.15, -0.1) is 0 Å². The first-order valence-corrected chi connectivity index (χ1v) is 5.34. The van der Waals surface area contributed by atoms with Gasteiger partial charge in [-0.3, -0.25) is 0 Å². The first kappa shape index (κ1) is 9.69. The highest BCUT2D eigenvalue weighted by Crippen LogP contribution is 2.31. The summed E-state index contributed by atoms with van der Waals surface area (Å²) in [5.41, 5.74) is 9.84. The molecular formula is C12H18N2. The smallest absolute Gasteiger partial charge is 0.0326 e. The van der Waals surface area contributed by atoms with E-state index in [9.17, 15) is 0 Å². The Bertz CT molecular complexity index is 320. The zero-order chi connectivity index (χ0) is 9.97. The Hall–Kier alpha value is -0.860. The van der Waals surface area contributed by atoms with Gasteiger partial charge in [0.25, 0.3) is 0 Å². The van der Waals surface area contributed by atoms with Gasteiger partial charge in [0.15, 0.2) is 0 Å². The molecule has 0 aliphatic heterocycles. The molecule has 1 aliphatic carbocycles. The number of nitrogens with two attached hydrogens (primary N) is 1. The van der Waals surface area contributed by atoms with Gasteiger partial charge in [0, 0.05) is 19.1 Å². The van der Waals surface area contributed by atoms with Crippen LogP contribution in [0.5, 0.6) is 0 Å². The minimum absolute atomic E-state index is 0.536. The van der Waals surface area contributed by atoms with Gasteiger partial charge in [-0.1, -0.05) is 23.8 Å². The Morgan fingerprint density at radius 3 is 3.14 bits per heavy atom. The average molecular weight is 190 g/mol. The zero-order valence-electron chi connectivity index (χ0n) is 8.72. The van der Waals surface area contributed by atoms with Crippen molar-refractivity contribution in [2.45, 2.75) is 25.8 Å². The Morgan fingerprint density at radius 2 is 2.36 bits per heavy atom. The van der Waals surface area contributed by atoms with Crippen molar-refractivity contribution in [2.24, 2.45) is 5.73 Å². The minimum atomic E-state index is 0.536. The minimum Gasteiger partial charge on any atom is -0.329 e. The van der Waals surface area contributed by atoms with E-state index in [0.717, 1.165) is 13.1 Å². The number of aryl methyl sites for hydroxylation is 2. The third-order valence-electron chi connectivity index (χ3n) is 2.91. The lowest BCUT2D eigenvalue weighted by Gasteiger charge is -2.13. The second-order valence-corrected chi connectivity index (χ2v) is 4.04. The van der Waals surface area contributed by atoms with Crippen LogP contribution in [0.25, 0.3) is 0 Å². The summed E-state index contributed by atoms with van der Waals surface area (Å²) in [7, 11) is 0. The molecule has 1 aromatic rings. The molecule has 1 aromatic carbocycles. The molecule has 14 heavy (non-hydrogen) atoms. The van der Waals surface area contributed by atoms with Gasteiger partial charge in [0.1, 0.15) is 0 Å². The molecule has 0 aromatic heterocycles. The molecule has 3 N–H and O–H groups in total. The van der Waals surface area contributed by atoms with Crippen LogP contribution in [0.4, 0.5) is 0 Å². The van der Waals surface area contributed by atoms with Crippen LogP contribution in [0.1, 0.15) is 29.2 Å². The fourth-order valence-electron chi connectivity index (χ4n) is 2.19. The van der Waals surface area contributed by atoms with Crippen LogP contribution < -0.4 is 11.1 Å². The molecule has 0 bridgehead atoms. The standard InChI is InChI=1S/C12H18N2/c1-9-2-3-10-4-5-12(11(10)8-9)14-7-6-13/h2-3,8,12,14H,4-7,13H2,1H3. The number of benzene rings is 1. The molecule has 0 fully saturated rings. The fourth-order valence-corrected chi connectivity index (χ4v) is 2.19. The van der Waals surface area contributed by atoms with Crippen molar-refractivity contribution >= 4 is 0 Å². The highest BCUT2D eigenvalue weighted by atomic mass is 14.9. The van der Waals surface area contributed by atoms with Crippen molar-refractivity contribution in [1.82, 2.24) is 5.32 Å². The molecule has 0 heterocycles. The number of hydrogen-bond acceptors (Lipinski definition) is 2. The van der Waals surface area contributed by atoms with Crippen molar-refractivity contribution in [3.05, 3.63) is 34.9 Å². The predicted molar refractivity (Wildman–Crippen MR) is 59.3 cm³/mol. The lowest BCUT2D eigenvalue weighted by atomic mass is 10.1. The van der Waals surface area contributed by atoms with Crippen molar-refractivity contribution < 1.29 is 0 Å². The normalized spacial score (nSPS) is 19.7. The second-order valence-electron chi connectivity index (χ2n) is 4.04. The van der Waals surface area contributed by atoms with Crippen LogP contribution in [-0.2, 0) is 6.42 Å².